The van der Waals surface area contributed by atoms with Gasteiger partial charge in [0.1, 0.15) is 5.75 Å². The molecule has 0 saturated carbocycles. The molecule has 3 aromatic heterocycles. The highest BCUT2D eigenvalue weighted by Crippen LogP contribution is 2.50. The van der Waals surface area contributed by atoms with Crippen molar-refractivity contribution in [1.29, 1.82) is 0 Å². The van der Waals surface area contributed by atoms with Gasteiger partial charge in [-0.05, 0) is 54.3 Å². The summed E-state index contributed by atoms with van der Waals surface area (Å²) >= 11 is 0. The lowest BCUT2D eigenvalue weighted by Gasteiger charge is -2.50. The van der Waals surface area contributed by atoms with Crippen molar-refractivity contribution in [2.45, 2.75) is 30.8 Å². The van der Waals surface area contributed by atoms with Crippen LogP contribution in [0, 0.1) is 0 Å². The van der Waals surface area contributed by atoms with E-state index in [1.807, 2.05) is 35.4 Å². The van der Waals surface area contributed by atoms with Gasteiger partial charge in [-0.1, -0.05) is 6.07 Å². The standard InChI is InChI=1S/C30H33N5O3/c1-33-25-15-23(38-2)7-8-24(25)27-28(33)26(19-36)35(18-21-5-3-11-31-16-21)20-30(27)9-13-34(14-10-30)29(37)22-6-4-12-32-17-22/h3-8,11-12,15-17,26,36H,9-10,13-14,18-20H2,1-2H3/t26-/m0/s1. The molecule has 1 saturated heterocycles. The number of benzene rings is 1. The van der Waals surface area contributed by atoms with Crippen LogP contribution in [0.3, 0.4) is 0 Å². The maximum Gasteiger partial charge on any atom is 0.255 e. The van der Waals surface area contributed by atoms with E-state index >= 15 is 0 Å². The molecule has 8 heteroatoms. The number of likely N-dealkylation sites (tertiary alicyclic amines) is 1. The zero-order chi connectivity index (χ0) is 26.3. The van der Waals surface area contributed by atoms with Crippen LogP contribution in [0.1, 0.15) is 46.1 Å². The average molecular weight is 512 g/mol. The van der Waals surface area contributed by atoms with E-state index in [9.17, 15) is 9.90 Å². The highest BCUT2D eigenvalue weighted by Gasteiger charge is 2.48. The van der Waals surface area contributed by atoms with E-state index in [0.29, 0.717) is 25.2 Å². The average Bonchev–Trinajstić information content (AvgIpc) is 3.26. The minimum atomic E-state index is -0.150. The lowest BCUT2D eigenvalue weighted by Crippen LogP contribution is -2.54. The number of aryl methyl sites for hydroxylation is 1. The highest BCUT2D eigenvalue weighted by atomic mass is 16.5. The summed E-state index contributed by atoms with van der Waals surface area (Å²) in [5, 5.41) is 11.9. The molecule has 2 aliphatic rings. The van der Waals surface area contributed by atoms with Gasteiger partial charge < -0.3 is 19.3 Å². The van der Waals surface area contributed by atoms with E-state index in [1.54, 1.807) is 25.7 Å². The Kier molecular flexibility index (Phi) is 6.37. The number of carbonyl (C=O) groups excluding carboxylic acids is 1. The van der Waals surface area contributed by atoms with Gasteiger partial charge in [-0.2, -0.15) is 0 Å². The third kappa shape index (κ3) is 4.04. The zero-order valence-corrected chi connectivity index (χ0v) is 21.9. The van der Waals surface area contributed by atoms with Crippen molar-refractivity contribution in [1.82, 2.24) is 24.3 Å². The van der Waals surface area contributed by atoms with E-state index in [4.69, 9.17) is 4.74 Å². The molecule has 0 aliphatic carbocycles. The summed E-state index contributed by atoms with van der Waals surface area (Å²) < 4.78 is 7.79. The topological polar surface area (TPSA) is 83.7 Å². The second kappa shape index (κ2) is 9.85. The number of piperidine rings is 1. The maximum atomic E-state index is 13.2. The Hall–Kier alpha value is -3.75. The number of nitrogens with zero attached hydrogens (tertiary/aromatic N) is 5. The molecular weight excluding hydrogens is 478 g/mol. The molecule has 0 radical (unpaired) electrons. The van der Waals surface area contributed by atoms with Gasteiger partial charge in [0.2, 0.25) is 0 Å². The normalized spacial score (nSPS) is 19.0. The van der Waals surface area contributed by atoms with Crippen LogP contribution in [0.15, 0.2) is 67.3 Å². The van der Waals surface area contributed by atoms with Gasteiger partial charge in [0.05, 0.1) is 30.8 Å². The Labute approximate surface area is 222 Å². The summed E-state index contributed by atoms with van der Waals surface area (Å²) in [6, 6.07) is 13.8. The fourth-order valence-corrected chi connectivity index (χ4v) is 6.57. The third-order valence-electron chi connectivity index (χ3n) is 8.44. The molecule has 4 aromatic rings. The van der Waals surface area contributed by atoms with Crippen LogP contribution in [0.2, 0.25) is 0 Å². The Bertz CT molecular complexity index is 1450. The molecule has 8 nitrogen and oxygen atoms in total. The summed E-state index contributed by atoms with van der Waals surface area (Å²) in [4.78, 5) is 26.0. The molecule has 1 fully saturated rings. The molecule has 196 valence electrons. The van der Waals surface area contributed by atoms with Crippen LogP contribution in [0.25, 0.3) is 10.9 Å². The predicted molar refractivity (Wildman–Crippen MR) is 145 cm³/mol. The first-order valence-electron chi connectivity index (χ1n) is 13.1. The lowest BCUT2D eigenvalue weighted by atomic mass is 9.68. The number of methoxy groups -OCH3 is 1. The summed E-state index contributed by atoms with van der Waals surface area (Å²) in [5.74, 6) is 0.848. The number of amides is 1. The number of aromatic nitrogens is 3. The van der Waals surface area contributed by atoms with Gasteiger partial charge in [0, 0.05) is 80.6 Å². The van der Waals surface area contributed by atoms with Gasteiger partial charge in [-0.25, -0.2) is 0 Å². The summed E-state index contributed by atoms with van der Waals surface area (Å²) in [6.07, 6.45) is 8.71. The van der Waals surface area contributed by atoms with Crippen molar-refractivity contribution >= 4 is 16.8 Å². The van der Waals surface area contributed by atoms with Gasteiger partial charge in [0.15, 0.2) is 0 Å². The molecule has 1 aromatic carbocycles. The van der Waals surface area contributed by atoms with Crippen LogP contribution in [0.5, 0.6) is 5.75 Å². The maximum absolute atomic E-state index is 13.2. The zero-order valence-electron chi connectivity index (χ0n) is 21.9. The molecule has 0 bridgehead atoms. The lowest BCUT2D eigenvalue weighted by molar-refractivity contribution is 0.0373. The van der Waals surface area contributed by atoms with Gasteiger partial charge >= 0.3 is 0 Å². The summed E-state index contributed by atoms with van der Waals surface area (Å²) in [6.45, 7) is 2.87. The van der Waals surface area contributed by atoms with E-state index in [1.165, 1.54) is 10.9 Å². The summed E-state index contributed by atoms with van der Waals surface area (Å²) in [5.41, 5.74) is 5.16. The molecule has 38 heavy (non-hydrogen) atoms. The van der Waals surface area contributed by atoms with E-state index in [-0.39, 0.29) is 24.0 Å². The van der Waals surface area contributed by atoms with E-state index < -0.39 is 0 Å². The number of ether oxygens (including phenoxy) is 1. The van der Waals surface area contributed by atoms with Crippen LogP contribution in [-0.2, 0) is 19.0 Å². The van der Waals surface area contributed by atoms with Gasteiger partial charge in [0.25, 0.3) is 5.91 Å². The monoisotopic (exact) mass is 511 g/mol. The largest absolute Gasteiger partial charge is 0.497 e. The Morgan fingerprint density at radius 3 is 2.53 bits per heavy atom. The van der Waals surface area contributed by atoms with Crippen LogP contribution < -0.4 is 4.74 Å². The van der Waals surface area contributed by atoms with Gasteiger partial charge in [-0.3, -0.25) is 19.7 Å². The number of aliphatic hydroxyl groups is 1. The van der Waals surface area contributed by atoms with Crippen molar-refractivity contribution in [2.75, 3.05) is 33.4 Å². The smallest absolute Gasteiger partial charge is 0.255 e. The summed E-state index contributed by atoms with van der Waals surface area (Å²) in [7, 11) is 3.78. The first kappa shape index (κ1) is 24.6. The number of rotatable bonds is 5. The minimum absolute atomic E-state index is 0.0241. The predicted octanol–water partition coefficient (Wildman–Crippen LogP) is 3.70. The Morgan fingerprint density at radius 2 is 1.87 bits per heavy atom. The molecule has 1 amide bonds. The van der Waals surface area contributed by atoms with E-state index in [0.717, 1.165) is 41.9 Å². The molecule has 1 N–H and O–H groups in total. The number of hydrogen-bond acceptors (Lipinski definition) is 6. The molecule has 1 spiro atoms. The van der Waals surface area contributed by atoms with Crippen LogP contribution >= 0.6 is 0 Å². The van der Waals surface area contributed by atoms with Crippen molar-refractivity contribution in [2.24, 2.45) is 7.05 Å². The van der Waals surface area contributed by atoms with Crippen molar-refractivity contribution in [3.05, 3.63) is 89.6 Å². The SMILES string of the molecule is COc1ccc2c3c(n(C)c2c1)[C@H](CO)N(Cc1cccnc1)CC31CCN(C(=O)c2cccnc2)CC1. The highest BCUT2D eigenvalue weighted by molar-refractivity contribution is 5.94. The second-order valence-corrected chi connectivity index (χ2v) is 10.5. The molecule has 6 rings (SSSR count). The molecule has 0 unspecified atom stereocenters. The number of carbonyl (C=O) groups is 1. The first-order chi connectivity index (χ1) is 18.5. The molecular formula is C30H33N5O3. The number of pyridine rings is 2. The van der Waals surface area contributed by atoms with Crippen molar-refractivity contribution in [3.63, 3.8) is 0 Å². The fraction of sp³-hybridized carbons (Fsp3) is 0.367. The van der Waals surface area contributed by atoms with Gasteiger partial charge in [-0.15, -0.1) is 0 Å². The molecule has 2 aliphatic heterocycles. The van der Waals surface area contributed by atoms with E-state index in [2.05, 4.69) is 44.7 Å². The van der Waals surface area contributed by atoms with Crippen LogP contribution in [0.4, 0.5) is 0 Å². The Morgan fingerprint density at radius 1 is 1.11 bits per heavy atom. The minimum Gasteiger partial charge on any atom is -0.497 e. The third-order valence-corrected chi connectivity index (χ3v) is 8.44. The number of hydrogen-bond donors (Lipinski definition) is 1. The number of aliphatic hydroxyl groups excluding tert-OH is 1. The fourth-order valence-electron chi connectivity index (χ4n) is 6.57. The molecule has 1 atom stereocenters. The quantitative estimate of drug-likeness (QED) is 0.440. The number of fused-ring (bicyclic) bond motifs is 4. The van der Waals surface area contributed by atoms with Crippen LogP contribution in [-0.4, -0.2) is 68.7 Å². The van der Waals surface area contributed by atoms with Crippen molar-refractivity contribution in [3.8, 4) is 5.75 Å². The van der Waals surface area contributed by atoms with Crippen molar-refractivity contribution < 1.29 is 14.6 Å². The Balaban J connectivity index is 1.42. The second-order valence-electron chi connectivity index (χ2n) is 10.5. The first-order valence-corrected chi connectivity index (χ1v) is 13.1. The molecule has 5 heterocycles.